The lowest BCUT2D eigenvalue weighted by atomic mass is 9.86. The smallest absolute Gasteiger partial charge is 0.410 e. The van der Waals surface area contributed by atoms with Crippen LogP contribution >= 0.6 is 0 Å². The molecule has 0 atom stereocenters. The van der Waals surface area contributed by atoms with E-state index in [0.29, 0.717) is 38.3 Å². The Hall–Kier alpha value is -1.26. The lowest BCUT2D eigenvalue weighted by Crippen LogP contribution is -2.43. The minimum Gasteiger partial charge on any atom is -0.462 e. The van der Waals surface area contributed by atoms with Gasteiger partial charge >= 0.3 is 12.1 Å². The van der Waals surface area contributed by atoms with Crippen LogP contribution in [0.5, 0.6) is 0 Å². The summed E-state index contributed by atoms with van der Waals surface area (Å²) in [4.78, 5) is 25.8. The molecule has 5 nitrogen and oxygen atoms in total. The van der Waals surface area contributed by atoms with Crippen molar-refractivity contribution in [2.45, 2.75) is 90.3 Å². The lowest BCUT2D eigenvalue weighted by Gasteiger charge is -2.33. The second-order valence-electron chi connectivity index (χ2n) is 8.20. The summed E-state index contributed by atoms with van der Waals surface area (Å²) in [7, 11) is 0. The maximum atomic E-state index is 12.0. The number of hydrogen-bond donors (Lipinski definition) is 0. The molecule has 1 aliphatic carbocycles. The highest BCUT2D eigenvalue weighted by Crippen LogP contribution is 2.27. The number of ether oxygens (including phenoxy) is 2. The summed E-state index contributed by atoms with van der Waals surface area (Å²) in [6.07, 6.45) is 9.08. The van der Waals surface area contributed by atoms with Gasteiger partial charge in [-0.15, -0.1) is 0 Å². The van der Waals surface area contributed by atoms with Gasteiger partial charge in [0.15, 0.2) is 0 Å². The predicted molar refractivity (Wildman–Crippen MR) is 92.7 cm³/mol. The van der Waals surface area contributed by atoms with E-state index in [2.05, 4.69) is 0 Å². The zero-order chi connectivity index (χ0) is 17.6. The molecule has 2 aliphatic rings. The molecule has 24 heavy (non-hydrogen) atoms. The van der Waals surface area contributed by atoms with Gasteiger partial charge in [-0.2, -0.15) is 0 Å². The Morgan fingerprint density at radius 2 is 1.62 bits per heavy atom. The summed E-state index contributed by atoms with van der Waals surface area (Å²) >= 11 is 0. The molecule has 0 spiro atoms. The third-order valence-corrected chi connectivity index (χ3v) is 4.87. The zero-order valence-electron chi connectivity index (χ0n) is 15.5. The van der Waals surface area contributed by atoms with E-state index in [1.54, 1.807) is 4.90 Å². The van der Waals surface area contributed by atoms with E-state index >= 15 is 0 Å². The van der Waals surface area contributed by atoms with Crippen molar-refractivity contribution in [2.75, 3.05) is 13.1 Å². The fourth-order valence-electron chi connectivity index (χ4n) is 3.53. The van der Waals surface area contributed by atoms with E-state index in [1.807, 2.05) is 20.8 Å². The monoisotopic (exact) mass is 339 g/mol. The number of carbonyl (C=O) groups excluding carboxylic acids is 2. The molecule has 0 aromatic heterocycles. The number of piperidine rings is 1. The van der Waals surface area contributed by atoms with Crippen LogP contribution in [0.25, 0.3) is 0 Å². The molecule has 0 aromatic rings. The molecule has 1 heterocycles. The van der Waals surface area contributed by atoms with Crippen molar-refractivity contribution >= 4 is 12.1 Å². The third-order valence-electron chi connectivity index (χ3n) is 4.87. The van der Waals surface area contributed by atoms with Crippen molar-refractivity contribution < 1.29 is 19.1 Å². The summed E-state index contributed by atoms with van der Waals surface area (Å²) in [5.74, 6) is 0.636. The van der Waals surface area contributed by atoms with Gasteiger partial charge in [-0.3, -0.25) is 4.79 Å². The molecule has 0 bridgehead atoms. The van der Waals surface area contributed by atoms with Crippen molar-refractivity contribution in [3.05, 3.63) is 0 Å². The van der Waals surface area contributed by atoms with Crippen molar-refractivity contribution in [3.63, 3.8) is 0 Å². The first kappa shape index (κ1) is 19.1. The van der Waals surface area contributed by atoms with Gasteiger partial charge in [-0.1, -0.05) is 32.1 Å². The molecule has 1 saturated carbocycles. The average molecular weight is 339 g/mol. The zero-order valence-corrected chi connectivity index (χ0v) is 15.5. The number of likely N-dealkylation sites (tertiary alicyclic amines) is 1. The van der Waals surface area contributed by atoms with Crippen LogP contribution in [0.3, 0.4) is 0 Å². The second kappa shape index (κ2) is 8.72. The standard InChI is InChI=1S/C19H33NO4/c1-19(2,3)24-18(22)20-13-11-16(12-14-20)23-17(21)10-9-15-7-5-4-6-8-15/h15-16H,4-14H2,1-3H3. The fourth-order valence-corrected chi connectivity index (χ4v) is 3.53. The van der Waals surface area contributed by atoms with Crippen LogP contribution in [0.15, 0.2) is 0 Å². The summed E-state index contributed by atoms with van der Waals surface area (Å²) in [6.45, 7) is 6.79. The summed E-state index contributed by atoms with van der Waals surface area (Å²) in [6, 6.07) is 0. The molecule has 2 rings (SSSR count). The topological polar surface area (TPSA) is 55.8 Å². The van der Waals surface area contributed by atoms with E-state index in [-0.39, 0.29) is 18.2 Å². The number of hydrogen-bond acceptors (Lipinski definition) is 4. The van der Waals surface area contributed by atoms with Gasteiger partial charge in [-0.05, 0) is 33.1 Å². The third kappa shape index (κ3) is 6.70. The molecule has 0 unspecified atom stereocenters. The van der Waals surface area contributed by atoms with Gasteiger partial charge in [-0.25, -0.2) is 4.79 Å². The largest absolute Gasteiger partial charge is 0.462 e. The maximum Gasteiger partial charge on any atom is 0.410 e. The van der Waals surface area contributed by atoms with Gasteiger partial charge in [0.1, 0.15) is 11.7 Å². The number of rotatable bonds is 4. The SMILES string of the molecule is CC(C)(C)OC(=O)N1CCC(OC(=O)CCC2CCCCC2)CC1. The van der Waals surface area contributed by atoms with Gasteiger partial charge < -0.3 is 14.4 Å². The Morgan fingerprint density at radius 1 is 1.00 bits per heavy atom. The van der Waals surface area contributed by atoms with Crippen LogP contribution in [-0.2, 0) is 14.3 Å². The summed E-state index contributed by atoms with van der Waals surface area (Å²) in [5, 5.41) is 0. The quantitative estimate of drug-likeness (QED) is 0.717. The van der Waals surface area contributed by atoms with Crippen molar-refractivity contribution in [2.24, 2.45) is 5.92 Å². The number of nitrogens with zero attached hydrogens (tertiary/aromatic N) is 1. The molecule has 138 valence electrons. The molecule has 2 fully saturated rings. The van der Waals surface area contributed by atoms with E-state index in [9.17, 15) is 9.59 Å². The maximum absolute atomic E-state index is 12.0. The molecule has 5 heteroatoms. The molecule has 1 aliphatic heterocycles. The first-order valence-electron chi connectivity index (χ1n) is 9.51. The number of amides is 1. The second-order valence-corrected chi connectivity index (χ2v) is 8.20. The molecule has 0 aromatic carbocycles. The first-order valence-corrected chi connectivity index (χ1v) is 9.51. The fraction of sp³-hybridized carbons (Fsp3) is 0.895. The Bertz CT molecular complexity index is 416. The number of esters is 1. The van der Waals surface area contributed by atoms with Crippen LogP contribution in [0.4, 0.5) is 4.79 Å². The van der Waals surface area contributed by atoms with Crippen molar-refractivity contribution in [1.29, 1.82) is 0 Å². The highest BCUT2D eigenvalue weighted by Gasteiger charge is 2.28. The molecule has 0 radical (unpaired) electrons. The number of carbonyl (C=O) groups is 2. The first-order chi connectivity index (χ1) is 11.3. The van der Waals surface area contributed by atoms with E-state index in [4.69, 9.17) is 9.47 Å². The van der Waals surface area contributed by atoms with Gasteiger partial charge in [0, 0.05) is 32.4 Å². The lowest BCUT2D eigenvalue weighted by molar-refractivity contribution is -0.151. The van der Waals surface area contributed by atoms with Gasteiger partial charge in [0.25, 0.3) is 0 Å². The molecular formula is C19H33NO4. The normalized spacial score (nSPS) is 20.7. The van der Waals surface area contributed by atoms with Gasteiger partial charge in [0.2, 0.25) is 0 Å². The van der Waals surface area contributed by atoms with E-state index in [0.717, 1.165) is 6.42 Å². The van der Waals surface area contributed by atoms with Gasteiger partial charge in [0.05, 0.1) is 0 Å². The van der Waals surface area contributed by atoms with Crippen molar-refractivity contribution in [3.8, 4) is 0 Å². The average Bonchev–Trinajstić information content (AvgIpc) is 2.53. The Kier molecular flexibility index (Phi) is 6.93. The minimum absolute atomic E-state index is 0.0532. The van der Waals surface area contributed by atoms with Crippen molar-refractivity contribution in [1.82, 2.24) is 4.90 Å². The summed E-state index contributed by atoms with van der Waals surface area (Å²) < 4.78 is 11.0. The highest BCUT2D eigenvalue weighted by molar-refractivity contribution is 5.70. The molecule has 1 saturated heterocycles. The minimum atomic E-state index is -0.473. The van der Waals surface area contributed by atoms with E-state index in [1.165, 1.54) is 32.1 Å². The summed E-state index contributed by atoms with van der Waals surface area (Å²) in [5.41, 5.74) is -0.473. The van der Waals surface area contributed by atoms with Crippen LogP contribution in [0.2, 0.25) is 0 Å². The Morgan fingerprint density at radius 3 is 2.21 bits per heavy atom. The predicted octanol–water partition coefficient (Wildman–Crippen LogP) is 4.29. The Balaban J connectivity index is 1.63. The van der Waals surface area contributed by atoms with Crippen LogP contribution < -0.4 is 0 Å². The highest BCUT2D eigenvalue weighted by atomic mass is 16.6. The molecule has 1 amide bonds. The van der Waals surface area contributed by atoms with Crippen LogP contribution in [0.1, 0.15) is 78.6 Å². The van der Waals surface area contributed by atoms with E-state index < -0.39 is 5.60 Å². The van der Waals surface area contributed by atoms with Crippen LogP contribution in [-0.4, -0.2) is 41.8 Å². The molecule has 0 N–H and O–H groups in total. The Labute approximate surface area is 146 Å². The molecular weight excluding hydrogens is 306 g/mol. The van der Waals surface area contributed by atoms with Crippen LogP contribution in [0, 0.1) is 5.92 Å².